The first-order chi connectivity index (χ1) is 11.9. The molecule has 3 fully saturated rings. The lowest BCUT2D eigenvalue weighted by atomic mass is 9.90. The van der Waals surface area contributed by atoms with Gasteiger partial charge in [-0.25, -0.2) is 4.79 Å². The molecule has 0 bridgehead atoms. The molecule has 1 saturated heterocycles. The van der Waals surface area contributed by atoms with E-state index >= 15 is 0 Å². The lowest BCUT2D eigenvalue weighted by Crippen LogP contribution is -2.43. The number of amides is 1. The topological polar surface area (TPSA) is 60.0 Å². The molecule has 0 aromatic carbocycles. The zero-order valence-electron chi connectivity index (χ0n) is 16.0. The van der Waals surface area contributed by atoms with Crippen molar-refractivity contribution in [2.75, 3.05) is 26.3 Å². The minimum Gasteiger partial charge on any atom is -0.444 e. The van der Waals surface area contributed by atoms with Gasteiger partial charge in [-0.15, -0.1) is 0 Å². The lowest BCUT2D eigenvalue weighted by molar-refractivity contribution is -0.179. The summed E-state index contributed by atoms with van der Waals surface area (Å²) >= 11 is 0. The molecule has 25 heavy (non-hydrogen) atoms. The van der Waals surface area contributed by atoms with Crippen LogP contribution in [0.3, 0.4) is 0 Å². The van der Waals surface area contributed by atoms with Gasteiger partial charge in [0, 0.05) is 31.5 Å². The van der Waals surface area contributed by atoms with Gasteiger partial charge in [0.05, 0.1) is 13.2 Å². The first-order valence-electron chi connectivity index (χ1n) is 9.88. The Morgan fingerprint density at radius 1 is 1.16 bits per heavy atom. The third-order valence-electron chi connectivity index (χ3n) is 5.19. The number of nitrogens with one attached hydrogen (secondary N) is 1. The van der Waals surface area contributed by atoms with E-state index in [0.717, 1.165) is 71.2 Å². The Morgan fingerprint density at radius 2 is 1.80 bits per heavy atom. The second-order valence-electron chi connectivity index (χ2n) is 8.59. The van der Waals surface area contributed by atoms with Crippen LogP contribution in [0.25, 0.3) is 0 Å². The maximum Gasteiger partial charge on any atom is 0.410 e. The molecular weight excluding hydrogens is 320 g/mol. The van der Waals surface area contributed by atoms with Gasteiger partial charge in [0.15, 0.2) is 5.79 Å². The van der Waals surface area contributed by atoms with Crippen LogP contribution in [-0.4, -0.2) is 60.8 Å². The Bertz CT molecular complexity index is 443. The number of ether oxygens (including phenoxy) is 3. The highest BCUT2D eigenvalue weighted by atomic mass is 16.7. The summed E-state index contributed by atoms with van der Waals surface area (Å²) in [5.41, 5.74) is -0.426. The third-order valence-corrected chi connectivity index (χ3v) is 5.19. The van der Waals surface area contributed by atoms with Gasteiger partial charge >= 0.3 is 6.09 Å². The monoisotopic (exact) mass is 354 g/mol. The summed E-state index contributed by atoms with van der Waals surface area (Å²) in [4.78, 5) is 14.3. The van der Waals surface area contributed by atoms with E-state index in [0.29, 0.717) is 12.1 Å². The fourth-order valence-electron chi connectivity index (χ4n) is 3.73. The smallest absolute Gasteiger partial charge is 0.410 e. The molecule has 144 valence electrons. The zero-order valence-corrected chi connectivity index (χ0v) is 16.0. The fraction of sp³-hybridized carbons (Fsp3) is 0.947. The van der Waals surface area contributed by atoms with E-state index in [4.69, 9.17) is 14.2 Å². The van der Waals surface area contributed by atoms with Gasteiger partial charge in [-0.2, -0.15) is 0 Å². The van der Waals surface area contributed by atoms with Crippen LogP contribution in [0.2, 0.25) is 0 Å². The first-order valence-corrected chi connectivity index (χ1v) is 9.88. The van der Waals surface area contributed by atoms with Crippen molar-refractivity contribution >= 4 is 6.09 Å². The summed E-state index contributed by atoms with van der Waals surface area (Å²) in [6, 6.07) is 0.926. The minimum atomic E-state index is -0.426. The molecule has 6 heteroatoms. The minimum absolute atomic E-state index is 0.162. The van der Waals surface area contributed by atoms with Crippen LogP contribution in [0.1, 0.15) is 65.7 Å². The SMILES string of the molecule is CC(C)(C)OC(=O)N(CCCNC1CCC2(CC1)OCCO2)C1CC1. The van der Waals surface area contributed by atoms with E-state index in [2.05, 4.69) is 5.32 Å². The second kappa shape index (κ2) is 7.80. The van der Waals surface area contributed by atoms with Gasteiger partial charge in [0.2, 0.25) is 0 Å². The summed E-state index contributed by atoms with van der Waals surface area (Å²) in [6.45, 7) is 8.95. The average Bonchev–Trinajstić information content (AvgIpc) is 3.27. The lowest BCUT2D eigenvalue weighted by Gasteiger charge is -2.35. The van der Waals surface area contributed by atoms with Crippen LogP contribution in [-0.2, 0) is 14.2 Å². The number of hydrogen-bond donors (Lipinski definition) is 1. The zero-order chi connectivity index (χ0) is 17.9. The van der Waals surface area contributed by atoms with Gasteiger partial charge in [0.25, 0.3) is 0 Å². The number of rotatable bonds is 6. The van der Waals surface area contributed by atoms with Crippen molar-refractivity contribution in [1.82, 2.24) is 10.2 Å². The Balaban J connectivity index is 1.34. The van der Waals surface area contributed by atoms with Crippen molar-refractivity contribution in [3.05, 3.63) is 0 Å². The second-order valence-corrected chi connectivity index (χ2v) is 8.59. The van der Waals surface area contributed by atoms with E-state index in [-0.39, 0.29) is 11.9 Å². The molecule has 3 aliphatic rings. The fourth-order valence-corrected chi connectivity index (χ4v) is 3.73. The summed E-state index contributed by atoms with van der Waals surface area (Å²) in [5, 5.41) is 3.64. The molecule has 1 N–H and O–H groups in total. The Morgan fingerprint density at radius 3 is 2.36 bits per heavy atom. The first kappa shape index (κ1) is 18.9. The molecule has 3 rings (SSSR count). The van der Waals surface area contributed by atoms with Crippen molar-refractivity contribution in [2.24, 2.45) is 0 Å². The number of carbonyl (C=O) groups excluding carboxylic acids is 1. The molecule has 1 amide bonds. The van der Waals surface area contributed by atoms with Crippen molar-refractivity contribution in [2.45, 2.75) is 89.2 Å². The Labute approximate surface area is 151 Å². The highest BCUT2D eigenvalue weighted by Gasteiger charge is 2.40. The highest BCUT2D eigenvalue weighted by Crippen LogP contribution is 2.35. The van der Waals surface area contributed by atoms with Crippen LogP contribution < -0.4 is 5.32 Å². The van der Waals surface area contributed by atoms with Crippen molar-refractivity contribution in [3.8, 4) is 0 Å². The summed E-state index contributed by atoms with van der Waals surface area (Å²) < 4.78 is 17.1. The summed E-state index contributed by atoms with van der Waals surface area (Å²) in [6.07, 6.45) is 7.17. The molecule has 6 nitrogen and oxygen atoms in total. The largest absolute Gasteiger partial charge is 0.444 e. The van der Waals surface area contributed by atoms with Crippen LogP contribution in [0.15, 0.2) is 0 Å². The molecule has 0 aromatic rings. The van der Waals surface area contributed by atoms with Crippen molar-refractivity contribution in [3.63, 3.8) is 0 Å². The van der Waals surface area contributed by atoms with Crippen molar-refractivity contribution < 1.29 is 19.0 Å². The molecule has 1 aliphatic heterocycles. The molecule has 1 spiro atoms. The number of hydrogen-bond acceptors (Lipinski definition) is 5. The predicted molar refractivity (Wildman–Crippen MR) is 95.5 cm³/mol. The van der Waals surface area contributed by atoms with E-state index in [1.54, 1.807) is 0 Å². The van der Waals surface area contributed by atoms with E-state index in [1.165, 1.54) is 0 Å². The van der Waals surface area contributed by atoms with Crippen LogP contribution in [0.5, 0.6) is 0 Å². The molecule has 0 atom stereocenters. The predicted octanol–water partition coefficient (Wildman–Crippen LogP) is 3.05. The van der Waals surface area contributed by atoms with Gasteiger partial charge in [0.1, 0.15) is 5.60 Å². The molecule has 0 radical (unpaired) electrons. The van der Waals surface area contributed by atoms with E-state index in [1.807, 2.05) is 25.7 Å². The van der Waals surface area contributed by atoms with Crippen LogP contribution in [0, 0.1) is 0 Å². The molecule has 2 aliphatic carbocycles. The number of carbonyl (C=O) groups is 1. The highest BCUT2D eigenvalue weighted by molar-refractivity contribution is 5.69. The van der Waals surface area contributed by atoms with Gasteiger partial charge < -0.3 is 24.4 Å². The summed E-state index contributed by atoms with van der Waals surface area (Å²) in [7, 11) is 0. The van der Waals surface area contributed by atoms with Crippen LogP contribution in [0.4, 0.5) is 4.79 Å². The normalized spacial score (nSPS) is 23.8. The number of nitrogens with zero attached hydrogens (tertiary/aromatic N) is 1. The van der Waals surface area contributed by atoms with Gasteiger partial charge in [-0.05, 0) is 59.4 Å². The Kier molecular flexibility index (Phi) is 5.91. The quantitative estimate of drug-likeness (QED) is 0.743. The maximum atomic E-state index is 12.3. The summed E-state index contributed by atoms with van der Waals surface area (Å²) in [5.74, 6) is -0.280. The third kappa shape index (κ3) is 5.56. The molecule has 0 unspecified atom stereocenters. The molecule has 2 saturated carbocycles. The van der Waals surface area contributed by atoms with Crippen molar-refractivity contribution in [1.29, 1.82) is 0 Å². The maximum absolute atomic E-state index is 12.3. The molecule has 0 aromatic heterocycles. The molecular formula is C19H34N2O4. The standard InChI is InChI=1S/C19H34N2O4/c1-18(2,3)25-17(22)21(16-5-6-16)12-4-11-20-15-7-9-19(10-8-15)23-13-14-24-19/h15-16,20H,4-14H2,1-3H3. The van der Waals surface area contributed by atoms with Crippen LogP contribution >= 0.6 is 0 Å². The van der Waals surface area contributed by atoms with E-state index in [9.17, 15) is 4.79 Å². The van der Waals surface area contributed by atoms with Gasteiger partial charge in [-0.3, -0.25) is 0 Å². The average molecular weight is 354 g/mol. The molecule has 1 heterocycles. The van der Waals surface area contributed by atoms with E-state index < -0.39 is 5.60 Å². The Hall–Kier alpha value is -0.850. The van der Waals surface area contributed by atoms with Gasteiger partial charge in [-0.1, -0.05) is 0 Å².